The van der Waals surface area contributed by atoms with Crippen molar-refractivity contribution in [2.45, 2.75) is 0 Å². The summed E-state index contributed by atoms with van der Waals surface area (Å²) < 4.78 is 5.04. The van der Waals surface area contributed by atoms with Gasteiger partial charge >= 0.3 is 0 Å². The van der Waals surface area contributed by atoms with Gasteiger partial charge in [0.15, 0.2) is 5.78 Å². The van der Waals surface area contributed by atoms with Gasteiger partial charge in [-0.1, -0.05) is 12.1 Å². The first-order valence-corrected chi connectivity index (χ1v) is 3.72. The van der Waals surface area contributed by atoms with Gasteiger partial charge in [-0.2, -0.15) is 0 Å². The molecule has 0 N–H and O–H groups in total. The SMILES string of the molecule is COc1ccc2cc1C(=O)C=C2.Cl. The highest BCUT2D eigenvalue weighted by Crippen LogP contribution is 2.24. The summed E-state index contributed by atoms with van der Waals surface area (Å²) in [5.74, 6) is 0.660. The van der Waals surface area contributed by atoms with Gasteiger partial charge in [0, 0.05) is 0 Å². The predicted octanol–water partition coefficient (Wildman–Crippen LogP) is 2.33. The van der Waals surface area contributed by atoms with Crippen molar-refractivity contribution in [3.05, 3.63) is 35.4 Å². The molecule has 0 heterocycles. The van der Waals surface area contributed by atoms with Gasteiger partial charge in [0.25, 0.3) is 0 Å². The standard InChI is InChI=1S/C10H8O2.ClH/c1-12-10-5-3-7-2-4-9(11)8(10)6-7;/h2-6H,1H3;1H. The Labute approximate surface area is 82.6 Å². The van der Waals surface area contributed by atoms with Crippen LogP contribution in [0.5, 0.6) is 5.75 Å². The maximum Gasteiger partial charge on any atom is 0.189 e. The van der Waals surface area contributed by atoms with Crippen LogP contribution in [0.1, 0.15) is 15.9 Å². The molecule has 13 heavy (non-hydrogen) atoms. The van der Waals surface area contributed by atoms with Crippen molar-refractivity contribution in [3.63, 3.8) is 0 Å². The fourth-order valence-electron chi connectivity index (χ4n) is 1.28. The minimum Gasteiger partial charge on any atom is -0.496 e. The average Bonchev–Trinajstić information content (AvgIpc) is 2.12. The number of halogens is 1. The van der Waals surface area contributed by atoms with Crippen LogP contribution in [0, 0.1) is 0 Å². The predicted molar refractivity (Wildman–Crippen MR) is 53.6 cm³/mol. The normalized spacial score (nSPS) is 12.2. The molecule has 1 aromatic rings. The Balaban J connectivity index is 0.000000845. The minimum atomic E-state index is 0. The highest BCUT2D eigenvalue weighted by atomic mass is 35.5. The number of rotatable bonds is 1. The number of hydrogen-bond donors (Lipinski definition) is 0. The van der Waals surface area contributed by atoms with Gasteiger partial charge in [-0.3, -0.25) is 4.79 Å². The number of ether oxygens (including phenoxy) is 1. The Morgan fingerprint density at radius 2 is 2.00 bits per heavy atom. The smallest absolute Gasteiger partial charge is 0.189 e. The molecule has 0 saturated heterocycles. The third-order valence-electron chi connectivity index (χ3n) is 1.92. The molecule has 2 bridgehead atoms. The Morgan fingerprint density at radius 1 is 1.23 bits per heavy atom. The second kappa shape index (κ2) is 3.62. The lowest BCUT2D eigenvalue weighted by atomic mass is 10.00. The van der Waals surface area contributed by atoms with E-state index < -0.39 is 0 Å². The highest BCUT2D eigenvalue weighted by Gasteiger charge is 2.12. The number of carbonyl (C=O) groups excluding carboxylic acids is 1. The van der Waals surface area contributed by atoms with Crippen LogP contribution >= 0.6 is 12.4 Å². The fraction of sp³-hybridized carbons (Fsp3) is 0.100. The first kappa shape index (κ1) is 9.81. The largest absolute Gasteiger partial charge is 0.496 e. The van der Waals surface area contributed by atoms with Crippen LogP contribution in [0.4, 0.5) is 0 Å². The molecule has 1 aromatic carbocycles. The first-order valence-electron chi connectivity index (χ1n) is 3.72. The number of fused-ring (bicyclic) bond motifs is 2. The summed E-state index contributed by atoms with van der Waals surface area (Å²) in [6.07, 6.45) is 3.36. The number of allylic oxidation sites excluding steroid dienone is 1. The van der Waals surface area contributed by atoms with E-state index in [9.17, 15) is 4.79 Å². The van der Waals surface area contributed by atoms with Crippen LogP contribution < -0.4 is 4.74 Å². The quantitative estimate of drug-likeness (QED) is 0.689. The van der Waals surface area contributed by atoms with E-state index in [4.69, 9.17) is 4.74 Å². The van der Waals surface area contributed by atoms with E-state index in [0.29, 0.717) is 11.3 Å². The summed E-state index contributed by atoms with van der Waals surface area (Å²) in [5, 5.41) is 0. The molecule has 0 saturated carbocycles. The zero-order valence-corrected chi connectivity index (χ0v) is 7.93. The summed E-state index contributed by atoms with van der Waals surface area (Å²) in [6, 6.07) is 5.57. The lowest BCUT2D eigenvalue weighted by molar-refractivity contribution is 0.104. The van der Waals surface area contributed by atoms with E-state index in [1.165, 1.54) is 0 Å². The van der Waals surface area contributed by atoms with Gasteiger partial charge in [-0.15, -0.1) is 12.4 Å². The Morgan fingerprint density at radius 3 is 2.69 bits per heavy atom. The van der Waals surface area contributed by atoms with E-state index in [0.717, 1.165) is 5.56 Å². The number of ketones is 1. The van der Waals surface area contributed by atoms with Crippen LogP contribution in [0.2, 0.25) is 0 Å². The molecular formula is C10H9ClO2. The molecule has 0 amide bonds. The maximum atomic E-state index is 11.3. The summed E-state index contributed by atoms with van der Waals surface area (Å²) in [6.45, 7) is 0. The topological polar surface area (TPSA) is 26.3 Å². The molecule has 3 heteroatoms. The summed E-state index contributed by atoms with van der Waals surface area (Å²) in [4.78, 5) is 11.3. The van der Waals surface area contributed by atoms with Crippen molar-refractivity contribution in [2.75, 3.05) is 7.11 Å². The van der Waals surface area contributed by atoms with Crippen molar-refractivity contribution in [1.82, 2.24) is 0 Å². The third kappa shape index (κ3) is 1.58. The fourth-order valence-corrected chi connectivity index (χ4v) is 1.28. The Bertz CT molecular complexity index is 369. The summed E-state index contributed by atoms with van der Waals surface area (Å²) in [5.41, 5.74) is 1.70. The van der Waals surface area contributed by atoms with Crippen molar-refractivity contribution in [2.24, 2.45) is 0 Å². The third-order valence-corrected chi connectivity index (χ3v) is 1.92. The summed E-state index contributed by atoms with van der Waals surface area (Å²) in [7, 11) is 1.57. The molecule has 0 atom stereocenters. The Kier molecular flexibility index (Phi) is 2.73. The summed E-state index contributed by atoms with van der Waals surface area (Å²) >= 11 is 0. The number of benzene rings is 1. The van der Waals surface area contributed by atoms with Gasteiger partial charge in [-0.25, -0.2) is 0 Å². The molecule has 0 aliphatic heterocycles. The molecule has 0 radical (unpaired) electrons. The van der Waals surface area contributed by atoms with Gasteiger partial charge < -0.3 is 4.74 Å². The molecular weight excluding hydrogens is 188 g/mol. The average molecular weight is 197 g/mol. The molecule has 2 nitrogen and oxygen atoms in total. The second-order valence-corrected chi connectivity index (χ2v) is 2.66. The van der Waals surface area contributed by atoms with Crippen LogP contribution in [-0.4, -0.2) is 12.9 Å². The monoisotopic (exact) mass is 196 g/mol. The van der Waals surface area contributed by atoms with Crippen molar-refractivity contribution in [1.29, 1.82) is 0 Å². The van der Waals surface area contributed by atoms with Crippen LogP contribution in [0.25, 0.3) is 6.08 Å². The van der Waals surface area contributed by atoms with Crippen LogP contribution in [0.15, 0.2) is 24.3 Å². The van der Waals surface area contributed by atoms with Crippen molar-refractivity contribution < 1.29 is 9.53 Å². The molecule has 0 fully saturated rings. The van der Waals surface area contributed by atoms with E-state index in [1.54, 1.807) is 19.3 Å². The van der Waals surface area contributed by atoms with Crippen molar-refractivity contribution in [3.8, 4) is 5.75 Å². The molecule has 1 aliphatic carbocycles. The molecule has 0 unspecified atom stereocenters. The number of methoxy groups -OCH3 is 1. The van der Waals surface area contributed by atoms with Crippen molar-refractivity contribution >= 4 is 24.3 Å². The van der Waals surface area contributed by atoms with Crippen LogP contribution in [-0.2, 0) is 0 Å². The van der Waals surface area contributed by atoms with Gasteiger partial charge in [0.05, 0.1) is 12.7 Å². The molecule has 0 aromatic heterocycles. The molecule has 2 rings (SSSR count). The maximum absolute atomic E-state index is 11.3. The van der Waals surface area contributed by atoms with E-state index in [1.807, 2.05) is 18.2 Å². The van der Waals surface area contributed by atoms with E-state index in [-0.39, 0.29) is 18.2 Å². The lowest BCUT2D eigenvalue weighted by Crippen LogP contribution is -2.02. The molecule has 68 valence electrons. The van der Waals surface area contributed by atoms with Gasteiger partial charge in [0.1, 0.15) is 5.75 Å². The first-order chi connectivity index (χ1) is 5.81. The van der Waals surface area contributed by atoms with Crippen LogP contribution in [0.3, 0.4) is 0 Å². The molecule has 1 aliphatic rings. The number of carbonyl (C=O) groups is 1. The van der Waals surface area contributed by atoms with Gasteiger partial charge in [0.2, 0.25) is 0 Å². The number of hydrogen-bond acceptors (Lipinski definition) is 2. The highest BCUT2D eigenvalue weighted by molar-refractivity contribution is 6.10. The zero-order chi connectivity index (χ0) is 8.55. The van der Waals surface area contributed by atoms with Gasteiger partial charge in [-0.05, 0) is 23.8 Å². The molecule has 0 spiro atoms. The second-order valence-electron chi connectivity index (χ2n) is 2.66. The Hall–Kier alpha value is -1.28. The van der Waals surface area contributed by atoms with E-state index in [2.05, 4.69) is 0 Å². The minimum absolute atomic E-state index is 0. The zero-order valence-electron chi connectivity index (χ0n) is 7.11. The van der Waals surface area contributed by atoms with E-state index >= 15 is 0 Å². The lowest BCUT2D eigenvalue weighted by Gasteiger charge is -2.09.